The lowest BCUT2D eigenvalue weighted by Gasteiger charge is -2.26. The zero-order valence-corrected chi connectivity index (χ0v) is 10.9. The van der Waals surface area contributed by atoms with Gasteiger partial charge in [0, 0.05) is 36.3 Å². The van der Waals surface area contributed by atoms with Crippen LogP contribution in [0.1, 0.15) is 12.2 Å². The lowest BCUT2D eigenvalue weighted by Crippen LogP contribution is -2.39. The van der Waals surface area contributed by atoms with E-state index in [4.69, 9.17) is 11.5 Å². The Hall–Kier alpha value is -2.53. The molecular formula is C15H15N5. The van der Waals surface area contributed by atoms with Crippen molar-refractivity contribution < 1.29 is 0 Å². The van der Waals surface area contributed by atoms with Gasteiger partial charge >= 0.3 is 0 Å². The highest BCUT2D eigenvalue weighted by atomic mass is 15.0. The molecular weight excluding hydrogens is 250 g/mol. The molecule has 20 heavy (non-hydrogen) atoms. The highest BCUT2D eigenvalue weighted by Gasteiger charge is 2.30. The quantitative estimate of drug-likeness (QED) is 0.858. The molecule has 0 bridgehead atoms. The van der Waals surface area contributed by atoms with Crippen LogP contribution in [0, 0.1) is 0 Å². The Morgan fingerprint density at radius 3 is 2.85 bits per heavy atom. The molecule has 0 aliphatic heterocycles. The fraction of sp³-hybridized carbons (Fsp3) is 0.133. The normalized spacial score (nSPS) is 21.6. The van der Waals surface area contributed by atoms with Crippen molar-refractivity contribution >= 4 is 0 Å². The maximum atomic E-state index is 6.37. The van der Waals surface area contributed by atoms with Gasteiger partial charge in [-0.05, 0) is 24.3 Å². The molecule has 2 aromatic rings. The van der Waals surface area contributed by atoms with E-state index in [0.29, 0.717) is 12.2 Å². The molecule has 1 aliphatic carbocycles. The lowest BCUT2D eigenvalue weighted by atomic mass is 9.89. The van der Waals surface area contributed by atoms with Crippen molar-refractivity contribution in [3.63, 3.8) is 0 Å². The first kappa shape index (κ1) is 12.5. The third-order valence-corrected chi connectivity index (χ3v) is 3.23. The van der Waals surface area contributed by atoms with Gasteiger partial charge in [0.25, 0.3) is 0 Å². The zero-order valence-electron chi connectivity index (χ0n) is 10.9. The van der Waals surface area contributed by atoms with E-state index in [9.17, 15) is 0 Å². The molecule has 1 unspecified atom stereocenters. The summed E-state index contributed by atoms with van der Waals surface area (Å²) in [6.07, 6.45) is 11.3. The highest BCUT2D eigenvalue weighted by molar-refractivity contribution is 5.57. The van der Waals surface area contributed by atoms with E-state index in [1.807, 2.05) is 36.4 Å². The van der Waals surface area contributed by atoms with Crippen LogP contribution in [-0.4, -0.2) is 15.0 Å². The summed E-state index contributed by atoms with van der Waals surface area (Å²) in [7, 11) is 0. The van der Waals surface area contributed by atoms with E-state index in [1.165, 1.54) is 0 Å². The van der Waals surface area contributed by atoms with Crippen molar-refractivity contribution in [3.05, 3.63) is 66.5 Å². The van der Waals surface area contributed by atoms with E-state index < -0.39 is 5.54 Å². The van der Waals surface area contributed by atoms with Gasteiger partial charge < -0.3 is 11.5 Å². The standard InChI is InChI=1S/C15H15N5/c16-12-4-1-6-15(17,9-12)14-19-8-5-13(20-14)11-3-2-7-18-10-11/h1-8,10H,9,16-17H2. The van der Waals surface area contributed by atoms with Gasteiger partial charge in [-0.1, -0.05) is 12.2 Å². The van der Waals surface area contributed by atoms with Crippen LogP contribution >= 0.6 is 0 Å². The summed E-state index contributed by atoms with van der Waals surface area (Å²) in [6.45, 7) is 0. The first-order chi connectivity index (χ1) is 9.67. The van der Waals surface area contributed by atoms with Crippen molar-refractivity contribution in [3.8, 4) is 11.3 Å². The molecule has 0 radical (unpaired) electrons. The van der Waals surface area contributed by atoms with E-state index in [-0.39, 0.29) is 0 Å². The summed E-state index contributed by atoms with van der Waals surface area (Å²) in [4.78, 5) is 13.0. The van der Waals surface area contributed by atoms with Crippen LogP contribution in [-0.2, 0) is 5.54 Å². The number of hydrogen-bond donors (Lipinski definition) is 2. The Balaban J connectivity index is 2.00. The number of nitrogens with zero attached hydrogens (tertiary/aromatic N) is 3. The summed E-state index contributed by atoms with van der Waals surface area (Å²) in [5.41, 5.74) is 13.9. The van der Waals surface area contributed by atoms with Gasteiger partial charge in [-0.25, -0.2) is 9.97 Å². The minimum Gasteiger partial charge on any atom is -0.402 e. The fourth-order valence-electron chi connectivity index (χ4n) is 2.21. The van der Waals surface area contributed by atoms with Gasteiger partial charge in [-0.3, -0.25) is 4.98 Å². The topological polar surface area (TPSA) is 90.7 Å². The van der Waals surface area contributed by atoms with E-state index >= 15 is 0 Å². The highest BCUT2D eigenvalue weighted by Crippen LogP contribution is 2.27. The molecule has 1 atom stereocenters. The number of aromatic nitrogens is 3. The second kappa shape index (κ2) is 4.86. The fourth-order valence-corrected chi connectivity index (χ4v) is 2.21. The molecule has 0 saturated carbocycles. The SMILES string of the molecule is NC1=CC=CC(N)(c2nccc(-c3cccnc3)n2)C1. The molecule has 3 rings (SSSR count). The van der Waals surface area contributed by atoms with Gasteiger partial charge in [0.1, 0.15) is 5.54 Å². The Kier molecular flexibility index (Phi) is 3.04. The van der Waals surface area contributed by atoms with Gasteiger partial charge in [-0.2, -0.15) is 0 Å². The molecule has 0 saturated heterocycles. The third kappa shape index (κ3) is 2.31. The average Bonchev–Trinajstić information content (AvgIpc) is 2.48. The summed E-state index contributed by atoms with van der Waals surface area (Å²) in [5, 5.41) is 0. The van der Waals surface area contributed by atoms with Crippen molar-refractivity contribution in [2.24, 2.45) is 11.5 Å². The second-order valence-corrected chi connectivity index (χ2v) is 4.83. The van der Waals surface area contributed by atoms with Crippen molar-refractivity contribution in [2.75, 3.05) is 0 Å². The van der Waals surface area contributed by atoms with Gasteiger partial charge in [0.05, 0.1) is 5.69 Å². The van der Waals surface area contributed by atoms with Crippen LogP contribution in [0.4, 0.5) is 0 Å². The molecule has 100 valence electrons. The minimum atomic E-state index is -0.753. The van der Waals surface area contributed by atoms with Gasteiger partial charge in [-0.15, -0.1) is 0 Å². The van der Waals surface area contributed by atoms with E-state index in [2.05, 4.69) is 15.0 Å². The predicted octanol–water partition coefficient (Wildman–Crippen LogP) is 1.50. The van der Waals surface area contributed by atoms with Crippen LogP contribution in [0.2, 0.25) is 0 Å². The average molecular weight is 265 g/mol. The Bertz CT molecular complexity index is 678. The van der Waals surface area contributed by atoms with Gasteiger partial charge in [0.15, 0.2) is 5.82 Å². The minimum absolute atomic E-state index is 0.514. The molecule has 0 amide bonds. The number of allylic oxidation sites excluding steroid dienone is 2. The molecule has 0 spiro atoms. The zero-order chi connectivity index (χ0) is 14.0. The molecule has 2 heterocycles. The van der Waals surface area contributed by atoms with Crippen LogP contribution in [0.5, 0.6) is 0 Å². The Labute approximate surface area is 117 Å². The largest absolute Gasteiger partial charge is 0.402 e. The maximum Gasteiger partial charge on any atom is 0.153 e. The number of hydrogen-bond acceptors (Lipinski definition) is 5. The van der Waals surface area contributed by atoms with Crippen molar-refractivity contribution in [2.45, 2.75) is 12.0 Å². The first-order valence-electron chi connectivity index (χ1n) is 6.34. The number of pyridine rings is 1. The number of rotatable bonds is 2. The van der Waals surface area contributed by atoms with E-state index in [0.717, 1.165) is 17.0 Å². The molecule has 5 nitrogen and oxygen atoms in total. The summed E-state index contributed by atoms with van der Waals surface area (Å²) < 4.78 is 0. The maximum absolute atomic E-state index is 6.37. The monoisotopic (exact) mass is 265 g/mol. The van der Waals surface area contributed by atoms with Crippen molar-refractivity contribution in [1.29, 1.82) is 0 Å². The van der Waals surface area contributed by atoms with Crippen molar-refractivity contribution in [1.82, 2.24) is 15.0 Å². The molecule has 0 aromatic carbocycles. The summed E-state index contributed by atoms with van der Waals surface area (Å²) in [6, 6.07) is 5.67. The third-order valence-electron chi connectivity index (χ3n) is 3.23. The molecule has 1 aliphatic rings. The van der Waals surface area contributed by atoms with Crippen LogP contribution in [0.3, 0.4) is 0 Å². The smallest absolute Gasteiger partial charge is 0.153 e. The Morgan fingerprint density at radius 1 is 1.20 bits per heavy atom. The Morgan fingerprint density at radius 2 is 2.10 bits per heavy atom. The van der Waals surface area contributed by atoms with Crippen LogP contribution in [0.15, 0.2) is 60.7 Å². The second-order valence-electron chi connectivity index (χ2n) is 4.83. The lowest BCUT2D eigenvalue weighted by molar-refractivity contribution is 0.510. The summed E-state index contributed by atoms with van der Waals surface area (Å²) >= 11 is 0. The molecule has 5 heteroatoms. The number of nitrogens with two attached hydrogens (primary N) is 2. The van der Waals surface area contributed by atoms with E-state index in [1.54, 1.807) is 18.6 Å². The molecule has 0 fully saturated rings. The van der Waals surface area contributed by atoms with Crippen LogP contribution in [0.25, 0.3) is 11.3 Å². The van der Waals surface area contributed by atoms with Gasteiger partial charge in [0.2, 0.25) is 0 Å². The molecule has 4 N–H and O–H groups in total. The molecule has 2 aromatic heterocycles. The predicted molar refractivity (Wildman–Crippen MR) is 77.2 cm³/mol. The van der Waals surface area contributed by atoms with Crippen LogP contribution < -0.4 is 11.5 Å². The first-order valence-corrected chi connectivity index (χ1v) is 6.34. The summed E-state index contributed by atoms with van der Waals surface area (Å²) in [5.74, 6) is 0.561.